The van der Waals surface area contributed by atoms with Crippen LogP contribution in [-0.2, 0) is 9.53 Å². The average Bonchev–Trinajstić information content (AvgIpc) is 2.79. The van der Waals surface area contributed by atoms with Gasteiger partial charge in [-0.3, -0.25) is 4.79 Å². The summed E-state index contributed by atoms with van der Waals surface area (Å²) in [5.74, 6) is 2.30. The van der Waals surface area contributed by atoms with Gasteiger partial charge < -0.3 is 19.5 Å². The molecule has 7 heteroatoms. The Balaban J connectivity index is 1.98. The summed E-state index contributed by atoms with van der Waals surface area (Å²) >= 11 is 0. The van der Waals surface area contributed by atoms with E-state index in [4.69, 9.17) is 20.6 Å². The van der Waals surface area contributed by atoms with Gasteiger partial charge in [-0.1, -0.05) is 24.1 Å². The number of hydrogen-bond acceptors (Lipinski definition) is 6. The minimum absolute atomic E-state index is 0.0675. The van der Waals surface area contributed by atoms with E-state index in [1.807, 2.05) is 12.1 Å². The van der Waals surface area contributed by atoms with Crippen molar-refractivity contribution in [1.82, 2.24) is 10.3 Å². The number of carbonyl (C=O) groups excluding carboxylic acids is 2. The van der Waals surface area contributed by atoms with Gasteiger partial charge in [0.05, 0.1) is 37.5 Å². The third-order valence-corrected chi connectivity index (χ3v) is 4.34. The highest BCUT2D eigenvalue weighted by Gasteiger charge is 2.17. The molecular weight excluding hydrogens is 384 g/mol. The van der Waals surface area contributed by atoms with Gasteiger partial charge in [-0.25, -0.2) is 9.78 Å². The second-order valence-electron chi connectivity index (χ2n) is 6.20. The zero-order chi connectivity index (χ0) is 21.5. The van der Waals surface area contributed by atoms with Crippen LogP contribution in [0.15, 0.2) is 48.5 Å². The van der Waals surface area contributed by atoms with Gasteiger partial charge in [-0.05, 0) is 30.3 Å². The van der Waals surface area contributed by atoms with Gasteiger partial charge >= 0.3 is 5.97 Å². The van der Waals surface area contributed by atoms with Crippen molar-refractivity contribution >= 4 is 22.8 Å². The van der Waals surface area contributed by atoms with Crippen LogP contribution >= 0.6 is 0 Å². The lowest BCUT2D eigenvalue weighted by Crippen LogP contribution is -2.29. The monoisotopic (exact) mass is 404 g/mol. The van der Waals surface area contributed by atoms with E-state index in [2.05, 4.69) is 16.2 Å². The van der Waals surface area contributed by atoms with Crippen molar-refractivity contribution in [3.63, 3.8) is 0 Å². The summed E-state index contributed by atoms with van der Waals surface area (Å²) in [6, 6.07) is 14.2. The third-order valence-electron chi connectivity index (χ3n) is 4.34. The largest absolute Gasteiger partial charge is 0.493 e. The molecule has 0 spiro atoms. The zero-order valence-electron chi connectivity index (χ0n) is 16.6. The summed E-state index contributed by atoms with van der Waals surface area (Å²) in [4.78, 5) is 29.1. The number of methoxy groups -OCH3 is 2. The van der Waals surface area contributed by atoms with Crippen LogP contribution in [0, 0.1) is 12.3 Å². The van der Waals surface area contributed by atoms with Gasteiger partial charge in [0.2, 0.25) is 0 Å². The van der Waals surface area contributed by atoms with Crippen molar-refractivity contribution < 1.29 is 23.8 Å². The van der Waals surface area contributed by atoms with Crippen LogP contribution in [0.25, 0.3) is 22.2 Å². The normalized spacial score (nSPS) is 10.2. The number of para-hydroxylation sites is 1. The number of pyridine rings is 1. The Bertz CT molecular complexity index is 1130. The van der Waals surface area contributed by atoms with E-state index in [9.17, 15) is 9.59 Å². The fraction of sp³-hybridized carbons (Fsp3) is 0.174. The van der Waals surface area contributed by atoms with Crippen LogP contribution in [0.4, 0.5) is 0 Å². The Kier molecular flexibility index (Phi) is 6.50. The summed E-state index contributed by atoms with van der Waals surface area (Å²) in [5.41, 5.74) is 2.21. The van der Waals surface area contributed by atoms with Gasteiger partial charge in [0.15, 0.2) is 18.1 Å². The quantitative estimate of drug-likeness (QED) is 0.481. The van der Waals surface area contributed by atoms with Crippen molar-refractivity contribution in [3.8, 4) is 35.1 Å². The third kappa shape index (κ3) is 4.50. The SMILES string of the molecule is C#CCNC(=O)COC(=O)c1cc(-c2ccc(OC)c(OC)c2)nc2ccccc12. The molecule has 0 saturated carbocycles. The molecule has 0 aliphatic heterocycles. The van der Waals surface area contributed by atoms with Crippen molar-refractivity contribution in [2.24, 2.45) is 0 Å². The molecule has 0 saturated heterocycles. The molecule has 0 atom stereocenters. The number of fused-ring (bicyclic) bond motifs is 1. The first kappa shape index (κ1) is 20.7. The fourth-order valence-corrected chi connectivity index (χ4v) is 2.90. The van der Waals surface area contributed by atoms with E-state index in [-0.39, 0.29) is 6.54 Å². The smallest absolute Gasteiger partial charge is 0.339 e. The van der Waals surface area contributed by atoms with Crippen LogP contribution in [0.1, 0.15) is 10.4 Å². The number of nitrogens with one attached hydrogen (secondary N) is 1. The average molecular weight is 404 g/mol. The molecule has 1 heterocycles. The topological polar surface area (TPSA) is 86.8 Å². The van der Waals surface area contributed by atoms with Crippen LogP contribution in [0.3, 0.4) is 0 Å². The first-order valence-electron chi connectivity index (χ1n) is 9.07. The second-order valence-corrected chi connectivity index (χ2v) is 6.20. The number of carbonyl (C=O) groups is 2. The van der Waals surface area contributed by atoms with Crippen LogP contribution in [0.2, 0.25) is 0 Å². The summed E-state index contributed by atoms with van der Waals surface area (Å²) < 4.78 is 15.8. The van der Waals surface area contributed by atoms with Crippen LogP contribution in [-0.4, -0.2) is 44.2 Å². The molecule has 2 aromatic carbocycles. The number of amides is 1. The lowest BCUT2D eigenvalue weighted by Gasteiger charge is -2.12. The molecule has 30 heavy (non-hydrogen) atoms. The highest BCUT2D eigenvalue weighted by atomic mass is 16.5. The number of esters is 1. The van der Waals surface area contributed by atoms with E-state index in [1.165, 1.54) is 0 Å². The maximum absolute atomic E-state index is 12.7. The molecule has 7 nitrogen and oxygen atoms in total. The predicted molar refractivity (Wildman–Crippen MR) is 112 cm³/mol. The number of ether oxygens (including phenoxy) is 3. The van der Waals surface area contributed by atoms with Gasteiger partial charge in [0, 0.05) is 10.9 Å². The van der Waals surface area contributed by atoms with E-state index in [0.29, 0.717) is 33.7 Å². The molecule has 0 bridgehead atoms. The molecule has 0 aliphatic carbocycles. The Morgan fingerprint density at radius 1 is 1.07 bits per heavy atom. The maximum atomic E-state index is 12.7. The molecule has 0 aliphatic rings. The van der Waals surface area contributed by atoms with Crippen molar-refractivity contribution in [2.75, 3.05) is 27.4 Å². The van der Waals surface area contributed by atoms with Gasteiger partial charge in [-0.15, -0.1) is 6.42 Å². The minimum Gasteiger partial charge on any atom is -0.493 e. The second kappa shape index (κ2) is 9.43. The van der Waals surface area contributed by atoms with Gasteiger partial charge in [-0.2, -0.15) is 0 Å². The summed E-state index contributed by atoms with van der Waals surface area (Å²) in [5, 5.41) is 3.07. The molecule has 1 amide bonds. The summed E-state index contributed by atoms with van der Waals surface area (Å²) in [7, 11) is 3.10. The Morgan fingerprint density at radius 2 is 1.83 bits per heavy atom. The Labute approximate surface area is 174 Å². The molecule has 3 rings (SSSR count). The predicted octanol–water partition coefficient (Wildman–Crippen LogP) is 2.83. The van der Waals surface area contributed by atoms with Crippen molar-refractivity contribution in [2.45, 2.75) is 0 Å². The Morgan fingerprint density at radius 3 is 2.57 bits per heavy atom. The molecule has 3 aromatic rings. The van der Waals surface area contributed by atoms with Crippen molar-refractivity contribution in [3.05, 3.63) is 54.1 Å². The number of benzene rings is 2. The molecule has 0 radical (unpaired) electrons. The fourth-order valence-electron chi connectivity index (χ4n) is 2.90. The lowest BCUT2D eigenvalue weighted by atomic mass is 10.0. The summed E-state index contributed by atoms with van der Waals surface area (Å²) in [6.07, 6.45) is 5.10. The highest BCUT2D eigenvalue weighted by Crippen LogP contribution is 2.33. The number of terminal acetylenes is 1. The first-order chi connectivity index (χ1) is 14.6. The van der Waals surface area contributed by atoms with Crippen molar-refractivity contribution in [1.29, 1.82) is 0 Å². The standard InChI is InChI=1S/C23H20N2O5/c1-4-11-24-22(26)14-30-23(27)17-13-19(25-18-8-6-5-7-16(17)18)15-9-10-20(28-2)21(12-15)29-3/h1,5-10,12-13H,11,14H2,2-3H3,(H,24,26). The minimum atomic E-state index is -0.633. The van der Waals surface area contributed by atoms with Gasteiger partial charge in [0.1, 0.15) is 0 Å². The van der Waals surface area contributed by atoms with Gasteiger partial charge in [0.25, 0.3) is 5.91 Å². The molecule has 152 valence electrons. The van der Waals surface area contributed by atoms with E-state index in [1.54, 1.807) is 50.6 Å². The summed E-state index contributed by atoms with van der Waals surface area (Å²) in [6.45, 7) is -0.360. The molecular formula is C23H20N2O5. The number of aromatic nitrogens is 1. The maximum Gasteiger partial charge on any atom is 0.339 e. The van der Waals surface area contributed by atoms with E-state index < -0.39 is 18.5 Å². The van der Waals surface area contributed by atoms with Crippen LogP contribution < -0.4 is 14.8 Å². The molecule has 0 fully saturated rings. The lowest BCUT2D eigenvalue weighted by molar-refractivity contribution is -0.123. The molecule has 1 N–H and O–H groups in total. The van der Waals surface area contributed by atoms with E-state index in [0.717, 1.165) is 5.56 Å². The molecule has 0 unspecified atom stereocenters. The Hall–Kier alpha value is -4.05. The first-order valence-corrected chi connectivity index (χ1v) is 9.07. The number of hydrogen-bond donors (Lipinski definition) is 1. The van der Waals surface area contributed by atoms with E-state index >= 15 is 0 Å². The molecule has 1 aromatic heterocycles. The number of rotatable bonds is 7. The van der Waals surface area contributed by atoms with Crippen LogP contribution in [0.5, 0.6) is 11.5 Å². The zero-order valence-corrected chi connectivity index (χ0v) is 16.6. The number of nitrogens with zero attached hydrogens (tertiary/aromatic N) is 1. The highest BCUT2D eigenvalue weighted by molar-refractivity contribution is 6.05.